The molecular weight excluding hydrogens is 176 g/mol. The fraction of sp³-hybridized carbons (Fsp3) is 0.417. The lowest BCUT2D eigenvalue weighted by atomic mass is 9.82. The number of ether oxygens (including phenoxy) is 1. The molecule has 1 unspecified atom stereocenters. The van der Waals surface area contributed by atoms with Gasteiger partial charge >= 0.3 is 0 Å². The van der Waals surface area contributed by atoms with Crippen LogP contribution >= 0.6 is 0 Å². The highest BCUT2D eigenvalue weighted by atomic mass is 16.5. The van der Waals surface area contributed by atoms with Gasteiger partial charge in [-0.3, -0.25) is 4.79 Å². The first kappa shape index (κ1) is 9.25. The lowest BCUT2D eigenvalue weighted by molar-refractivity contribution is 0.0967. The van der Waals surface area contributed by atoms with E-state index in [0.717, 1.165) is 23.3 Å². The standard InChI is InChI=1S/C12H14O2/c1-8-6-7-10(13)9-4-3-5-11(14-2)12(8)9/h3-5,8H,6-7H2,1-2H3. The van der Waals surface area contributed by atoms with Gasteiger partial charge in [0.15, 0.2) is 5.78 Å². The van der Waals surface area contributed by atoms with Crippen molar-refractivity contribution in [1.82, 2.24) is 0 Å². The van der Waals surface area contributed by atoms with Crippen molar-refractivity contribution >= 4 is 5.78 Å². The molecule has 2 heteroatoms. The molecule has 0 bridgehead atoms. The minimum absolute atomic E-state index is 0.247. The molecular formula is C12H14O2. The molecule has 1 aromatic carbocycles. The minimum atomic E-state index is 0.247. The van der Waals surface area contributed by atoms with Crippen molar-refractivity contribution in [3.63, 3.8) is 0 Å². The zero-order valence-electron chi connectivity index (χ0n) is 8.54. The molecule has 0 aliphatic heterocycles. The average molecular weight is 190 g/mol. The van der Waals surface area contributed by atoms with Crippen LogP contribution in [0.15, 0.2) is 18.2 Å². The molecule has 1 aliphatic rings. The maximum Gasteiger partial charge on any atom is 0.163 e. The summed E-state index contributed by atoms with van der Waals surface area (Å²) in [6.45, 7) is 2.15. The van der Waals surface area contributed by atoms with Gasteiger partial charge < -0.3 is 4.74 Å². The van der Waals surface area contributed by atoms with Crippen LogP contribution in [-0.4, -0.2) is 12.9 Å². The van der Waals surface area contributed by atoms with E-state index in [0.29, 0.717) is 12.3 Å². The summed E-state index contributed by atoms with van der Waals surface area (Å²) >= 11 is 0. The van der Waals surface area contributed by atoms with Gasteiger partial charge in [-0.15, -0.1) is 0 Å². The summed E-state index contributed by atoms with van der Waals surface area (Å²) in [7, 11) is 1.65. The highest BCUT2D eigenvalue weighted by molar-refractivity contribution is 5.99. The SMILES string of the molecule is COc1cccc2c1C(C)CCC2=O. The lowest BCUT2D eigenvalue weighted by Gasteiger charge is -2.23. The molecule has 1 aromatic rings. The Hall–Kier alpha value is -1.31. The first-order valence-corrected chi connectivity index (χ1v) is 4.94. The number of benzene rings is 1. The topological polar surface area (TPSA) is 26.3 Å². The van der Waals surface area contributed by atoms with Crippen LogP contribution in [0.25, 0.3) is 0 Å². The van der Waals surface area contributed by atoms with Crippen molar-refractivity contribution in [1.29, 1.82) is 0 Å². The molecule has 2 nitrogen and oxygen atoms in total. The summed E-state index contributed by atoms with van der Waals surface area (Å²) in [5.74, 6) is 1.53. The third-order valence-corrected chi connectivity index (χ3v) is 2.88. The number of methoxy groups -OCH3 is 1. The second-order valence-electron chi connectivity index (χ2n) is 3.78. The largest absolute Gasteiger partial charge is 0.496 e. The lowest BCUT2D eigenvalue weighted by Crippen LogP contribution is -2.14. The van der Waals surface area contributed by atoms with Gasteiger partial charge in [-0.1, -0.05) is 19.1 Å². The van der Waals surface area contributed by atoms with Crippen LogP contribution in [0.3, 0.4) is 0 Å². The molecule has 1 atom stereocenters. The molecule has 0 saturated heterocycles. The number of hydrogen-bond acceptors (Lipinski definition) is 2. The summed E-state index contributed by atoms with van der Waals surface area (Å²) in [5, 5.41) is 0. The van der Waals surface area contributed by atoms with Gasteiger partial charge in [0.25, 0.3) is 0 Å². The van der Waals surface area contributed by atoms with Crippen molar-refractivity contribution in [2.45, 2.75) is 25.7 Å². The average Bonchev–Trinajstić information content (AvgIpc) is 2.23. The Morgan fingerprint density at radius 1 is 1.43 bits per heavy atom. The van der Waals surface area contributed by atoms with Crippen molar-refractivity contribution in [3.05, 3.63) is 29.3 Å². The Labute approximate surface area is 83.9 Å². The van der Waals surface area contributed by atoms with E-state index in [2.05, 4.69) is 6.92 Å². The summed E-state index contributed by atoms with van der Waals surface area (Å²) in [5.41, 5.74) is 1.94. The van der Waals surface area contributed by atoms with Gasteiger partial charge in [-0.05, 0) is 18.4 Å². The number of Topliss-reactive ketones (excluding diaryl/α,β-unsaturated/α-hetero) is 1. The van der Waals surface area contributed by atoms with E-state index in [1.165, 1.54) is 0 Å². The van der Waals surface area contributed by atoms with Crippen LogP contribution in [-0.2, 0) is 0 Å². The first-order chi connectivity index (χ1) is 6.74. The molecule has 1 aliphatic carbocycles. The molecule has 14 heavy (non-hydrogen) atoms. The summed E-state index contributed by atoms with van der Waals surface area (Å²) in [4.78, 5) is 11.6. The Morgan fingerprint density at radius 3 is 2.93 bits per heavy atom. The van der Waals surface area contributed by atoms with Gasteiger partial charge in [0.2, 0.25) is 0 Å². The molecule has 0 radical (unpaired) electrons. The third kappa shape index (κ3) is 1.31. The van der Waals surface area contributed by atoms with Crippen molar-refractivity contribution in [2.75, 3.05) is 7.11 Å². The van der Waals surface area contributed by atoms with Crippen LogP contribution in [0.1, 0.15) is 41.6 Å². The highest BCUT2D eigenvalue weighted by Crippen LogP contribution is 2.37. The highest BCUT2D eigenvalue weighted by Gasteiger charge is 2.25. The van der Waals surface area contributed by atoms with Crippen LogP contribution < -0.4 is 4.74 Å². The summed E-state index contributed by atoms with van der Waals surface area (Å²) < 4.78 is 5.28. The minimum Gasteiger partial charge on any atom is -0.496 e. The maximum absolute atomic E-state index is 11.6. The summed E-state index contributed by atoms with van der Waals surface area (Å²) in [6.07, 6.45) is 1.60. The Balaban J connectivity index is 2.60. The molecule has 0 fully saturated rings. The molecule has 0 aromatic heterocycles. The normalized spacial score (nSPS) is 20.4. The fourth-order valence-corrected chi connectivity index (χ4v) is 2.10. The molecule has 2 rings (SSSR count). The number of ketones is 1. The van der Waals surface area contributed by atoms with E-state index in [1.54, 1.807) is 7.11 Å². The third-order valence-electron chi connectivity index (χ3n) is 2.88. The Kier molecular flexibility index (Phi) is 2.28. The monoisotopic (exact) mass is 190 g/mol. The van der Waals surface area contributed by atoms with Gasteiger partial charge in [-0.25, -0.2) is 0 Å². The van der Waals surface area contributed by atoms with Crippen LogP contribution in [0, 0.1) is 0 Å². The van der Waals surface area contributed by atoms with Gasteiger partial charge in [0.05, 0.1) is 7.11 Å². The number of carbonyl (C=O) groups excluding carboxylic acids is 1. The second kappa shape index (κ2) is 3.45. The predicted molar refractivity (Wildman–Crippen MR) is 55.0 cm³/mol. The Morgan fingerprint density at radius 2 is 2.21 bits per heavy atom. The zero-order valence-corrected chi connectivity index (χ0v) is 8.54. The molecule has 74 valence electrons. The van der Waals surface area contributed by atoms with E-state index >= 15 is 0 Å². The molecule has 0 spiro atoms. The fourth-order valence-electron chi connectivity index (χ4n) is 2.10. The van der Waals surface area contributed by atoms with E-state index < -0.39 is 0 Å². The molecule has 0 saturated carbocycles. The molecule has 0 amide bonds. The van der Waals surface area contributed by atoms with Crippen LogP contribution in [0.2, 0.25) is 0 Å². The van der Waals surface area contributed by atoms with Crippen LogP contribution in [0.5, 0.6) is 5.75 Å². The van der Waals surface area contributed by atoms with Gasteiger partial charge in [-0.2, -0.15) is 0 Å². The van der Waals surface area contributed by atoms with Crippen molar-refractivity contribution < 1.29 is 9.53 Å². The Bertz CT molecular complexity index is 369. The van der Waals surface area contributed by atoms with Crippen molar-refractivity contribution in [3.8, 4) is 5.75 Å². The quantitative estimate of drug-likeness (QED) is 0.680. The zero-order chi connectivity index (χ0) is 10.1. The van der Waals surface area contributed by atoms with Crippen molar-refractivity contribution in [2.24, 2.45) is 0 Å². The predicted octanol–water partition coefficient (Wildman–Crippen LogP) is 2.78. The van der Waals surface area contributed by atoms with Gasteiger partial charge in [0, 0.05) is 17.5 Å². The maximum atomic E-state index is 11.6. The van der Waals surface area contributed by atoms with E-state index in [1.807, 2.05) is 18.2 Å². The first-order valence-electron chi connectivity index (χ1n) is 4.94. The number of rotatable bonds is 1. The second-order valence-corrected chi connectivity index (χ2v) is 3.78. The van der Waals surface area contributed by atoms with Crippen LogP contribution in [0.4, 0.5) is 0 Å². The summed E-state index contributed by atoms with van der Waals surface area (Å²) in [6, 6.07) is 5.71. The number of hydrogen-bond donors (Lipinski definition) is 0. The van der Waals surface area contributed by atoms with E-state index in [-0.39, 0.29) is 5.78 Å². The smallest absolute Gasteiger partial charge is 0.163 e. The number of fused-ring (bicyclic) bond motifs is 1. The van der Waals surface area contributed by atoms with Gasteiger partial charge in [0.1, 0.15) is 5.75 Å². The van der Waals surface area contributed by atoms with E-state index in [4.69, 9.17) is 4.74 Å². The van der Waals surface area contributed by atoms with E-state index in [9.17, 15) is 4.79 Å². The molecule has 0 heterocycles. The molecule has 0 N–H and O–H groups in total. The number of carbonyl (C=O) groups is 1.